The van der Waals surface area contributed by atoms with Crippen LogP contribution in [-0.4, -0.2) is 41.7 Å². The number of aromatic nitrogens is 1. The number of rotatable bonds is 9. The number of aryl methyl sites for hydroxylation is 1. The molecule has 0 saturated heterocycles. The lowest BCUT2D eigenvalue weighted by Gasteiger charge is -2.04. The minimum absolute atomic E-state index is 0.120. The van der Waals surface area contributed by atoms with Crippen LogP contribution in [-0.2, 0) is 20.7 Å². The lowest BCUT2D eigenvalue weighted by Crippen LogP contribution is -2.28. The van der Waals surface area contributed by atoms with Crippen molar-refractivity contribution in [2.24, 2.45) is 0 Å². The van der Waals surface area contributed by atoms with Gasteiger partial charge in [-0.3, -0.25) is 4.79 Å². The fraction of sp³-hybridized carbons (Fsp3) is 0.312. The Labute approximate surface area is 137 Å². The van der Waals surface area contributed by atoms with Crippen LogP contribution in [0.15, 0.2) is 34.9 Å². The van der Waals surface area contributed by atoms with Gasteiger partial charge in [0.2, 0.25) is 5.91 Å². The van der Waals surface area contributed by atoms with Gasteiger partial charge in [-0.15, -0.1) is 0 Å². The molecule has 0 aliphatic carbocycles. The molecule has 7 nitrogen and oxygen atoms in total. The highest BCUT2D eigenvalue weighted by molar-refractivity contribution is 5.76. The van der Waals surface area contributed by atoms with Gasteiger partial charge >= 0.3 is 5.97 Å². The fourth-order valence-electron chi connectivity index (χ4n) is 1.94. The second kappa shape index (κ2) is 8.78. The molecule has 0 saturated carbocycles. The fourth-order valence-corrected chi connectivity index (χ4v) is 1.94. The van der Waals surface area contributed by atoms with Crippen LogP contribution in [0.3, 0.4) is 0 Å². The number of hydrogen-bond acceptors (Lipinski definition) is 5. The maximum Gasteiger partial charge on any atom is 0.329 e. The first-order chi connectivity index (χ1) is 11.6. The lowest BCUT2D eigenvalue weighted by atomic mass is 10.2. The van der Waals surface area contributed by atoms with Gasteiger partial charge in [0.15, 0.2) is 11.7 Å². The summed E-state index contributed by atoms with van der Waals surface area (Å²) in [7, 11) is 0. The number of nitrogens with zero attached hydrogens (tertiary/aromatic N) is 1. The van der Waals surface area contributed by atoms with Crippen LogP contribution in [0.25, 0.3) is 11.3 Å². The minimum Gasteiger partial charge on any atom is -0.480 e. The summed E-state index contributed by atoms with van der Waals surface area (Å²) in [4.78, 5) is 25.9. The van der Waals surface area contributed by atoms with Crippen molar-refractivity contribution in [1.29, 1.82) is 0 Å². The summed E-state index contributed by atoms with van der Waals surface area (Å²) in [5, 5.41) is 11.0. The Bertz CT molecular complexity index is 701. The van der Waals surface area contributed by atoms with Crippen molar-refractivity contribution in [1.82, 2.24) is 10.3 Å². The summed E-state index contributed by atoms with van der Waals surface area (Å²) in [6, 6.07) is 6.20. The van der Waals surface area contributed by atoms with Gasteiger partial charge in [-0.1, -0.05) is 12.1 Å². The molecule has 0 aliphatic heterocycles. The molecule has 0 spiro atoms. The zero-order valence-corrected chi connectivity index (χ0v) is 12.8. The van der Waals surface area contributed by atoms with E-state index in [9.17, 15) is 14.0 Å². The third-order valence-corrected chi connectivity index (χ3v) is 3.05. The molecule has 2 aromatic rings. The predicted molar refractivity (Wildman–Crippen MR) is 81.7 cm³/mol. The molecule has 0 aliphatic rings. The Morgan fingerprint density at radius 3 is 2.88 bits per heavy atom. The molecule has 1 amide bonds. The number of aliphatic carboxylic acids is 1. The first-order valence-electron chi connectivity index (χ1n) is 7.32. The van der Waals surface area contributed by atoms with Crippen LogP contribution in [0.1, 0.15) is 12.3 Å². The molecule has 0 radical (unpaired) electrons. The van der Waals surface area contributed by atoms with Gasteiger partial charge in [-0.05, 0) is 12.1 Å². The molecule has 0 unspecified atom stereocenters. The number of hydrogen-bond donors (Lipinski definition) is 2. The van der Waals surface area contributed by atoms with E-state index in [0.29, 0.717) is 17.2 Å². The molecule has 0 atom stereocenters. The lowest BCUT2D eigenvalue weighted by molar-refractivity contribution is -0.142. The molecule has 1 heterocycles. The SMILES string of the molecule is O=C(O)COCCNC(=O)CCc1ncc(-c2ccccc2F)o1. The van der Waals surface area contributed by atoms with Gasteiger partial charge in [0.05, 0.1) is 18.4 Å². The predicted octanol–water partition coefficient (Wildman–Crippen LogP) is 1.63. The van der Waals surface area contributed by atoms with E-state index in [0.717, 1.165) is 0 Å². The van der Waals surface area contributed by atoms with Crippen molar-refractivity contribution in [2.75, 3.05) is 19.8 Å². The summed E-state index contributed by atoms with van der Waals surface area (Å²) in [6.45, 7) is -0.0579. The molecule has 0 fully saturated rings. The van der Waals surface area contributed by atoms with Gasteiger partial charge in [-0.2, -0.15) is 0 Å². The molecule has 128 valence electrons. The number of halogens is 1. The molecule has 8 heteroatoms. The number of ether oxygens (including phenoxy) is 1. The highest BCUT2D eigenvalue weighted by atomic mass is 19.1. The second-order valence-electron chi connectivity index (χ2n) is 4.89. The molecule has 0 bridgehead atoms. The summed E-state index contributed by atoms with van der Waals surface area (Å²) in [5.41, 5.74) is 0.316. The van der Waals surface area contributed by atoms with Gasteiger partial charge in [0.1, 0.15) is 12.4 Å². The zero-order valence-electron chi connectivity index (χ0n) is 12.8. The molecule has 1 aromatic heterocycles. The van der Waals surface area contributed by atoms with Crippen LogP contribution in [0.2, 0.25) is 0 Å². The van der Waals surface area contributed by atoms with Gasteiger partial charge in [-0.25, -0.2) is 14.2 Å². The number of nitrogens with one attached hydrogen (secondary N) is 1. The number of oxazole rings is 1. The topological polar surface area (TPSA) is 102 Å². The summed E-state index contributed by atoms with van der Waals surface area (Å²) in [6.07, 6.45) is 1.85. The van der Waals surface area contributed by atoms with E-state index in [2.05, 4.69) is 10.3 Å². The third-order valence-electron chi connectivity index (χ3n) is 3.05. The number of benzene rings is 1. The molecular weight excluding hydrogens is 319 g/mol. The van der Waals surface area contributed by atoms with Crippen molar-refractivity contribution in [3.8, 4) is 11.3 Å². The number of carboxylic acids is 1. The van der Waals surface area contributed by atoms with Crippen LogP contribution < -0.4 is 5.32 Å². The zero-order chi connectivity index (χ0) is 17.4. The monoisotopic (exact) mass is 336 g/mol. The Morgan fingerprint density at radius 2 is 2.12 bits per heavy atom. The van der Waals surface area contributed by atoms with Crippen molar-refractivity contribution >= 4 is 11.9 Å². The van der Waals surface area contributed by atoms with Gasteiger partial charge in [0.25, 0.3) is 0 Å². The Morgan fingerprint density at radius 1 is 1.33 bits per heavy atom. The van der Waals surface area contributed by atoms with E-state index < -0.39 is 18.4 Å². The third kappa shape index (κ3) is 5.47. The first-order valence-corrected chi connectivity index (χ1v) is 7.32. The number of amides is 1. The van der Waals surface area contributed by atoms with E-state index >= 15 is 0 Å². The standard InChI is InChI=1S/C16H17FN2O5/c17-12-4-2-1-3-11(12)13-9-19-15(24-13)6-5-14(20)18-7-8-23-10-16(21)22/h1-4,9H,5-8,10H2,(H,18,20)(H,21,22). The van der Waals surface area contributed by atoms with Crippen LogP contribution in [0.4, 0.5) is 4.39 Å². The highest BCUT2D eigenvalue weighted by Gasteiger charge is 2.11. The van der Waals surface area contributed by atoms with Gasteiger partial charge in [0, 0.05) is 19.4 Å². The normalized spacial score (nSPS) is 10.5. The van der Waals surface area contributed by atoms with Crippen molar-refractivity contribution in [3.05, 3.63) is 42.2 Å². The second-order valence-corrected chi connectivity index (χ2v) is 4.89. The smallest absolute Gasteiger partial charge is 0.329 e. The molecule has 2 rings (SSSR count). The van der Waals surface area contributed by atoms with E-state index in [4.69, 9.17) is 14.3 Å². The summed E-state index contributed by atoms with van der Waals surface area (Å²) >= 11 is 0. The average molecular weight is 336 g/mol. The number of carbonyl (C=O) groups excluding carboxylic acids is 1. The van der Waals surface area contributed by atoms with Crippen LogP contribution in [0, 0.1) is 5.82 Å². The van der Waals surface area contributed by atoms with Crippen LogP contribution in [0.5, 0.6) is 0 Å². The number of carbonyl (C=O) groups is 2. The minimum atomic E-state index is -1.06. The molecular formula is C16H17FN2O5. The van der Waals surface area contributed by atoms with E-state index in [1.165, 1.54) is 12.3 Å². The van der Waals surface area contributed by atoms with Crippen molar-refractivity contribution in [3.63, 3.8) is 0 Å². The van der Waals surface area contributed by atoms with Crippen LogP contribution >= 0.6 is 0 Å². The maximum absolute atomic E-state index is 13.7. The molecule has 1 aromatic carbocycles. The largest absolute Gasteiger partial charge is 0.480 e. The van der Waals surface area contributed by atoms with E-state index in [1.54, 1.807) is 18.2 Å². The quantitative estimate of drug-likeness (QED) is 0.675. The Kier molecular flexibility index (Phi) is 6.44. The van der Waals surface area contributed by atoms with Gasteiger partial charge < -0.3 is 19.6 Å². The molecule has 24 heavy (non-hydrogen) atoms. The maximum atomic E-state index is 13.7. The summed E-state index contributed by atoms with van der Waals surface area (Å²) < 4.78 is 23.9. The molecule has 2 N–H and O–H groups in total. The summed E-state index contributed by atoms with van der Waals surface area (Å²) in [5.74, 6) is -1.05. The van der Waals surface area contributed by atoms with E-state index in [1.807, 2.05) is 0 Å². The Balaban J connectivity index is 1.74. The van der Waals surface area contributed by atoms with E-state index in [-0.39, 0.29) is 31.9 Å². The highest BCUT2D eigenvalue weighted by Crippen LogP contribution is 2.23. The van der Waals surface area contributed by atoms with Crippen molar-refractivity contribution < 1.29 is 28.2 Å². The first kappa shape index (κ1) is 17.6. The number of carboxylic acid groups (broad SMARTS) is 1. The Hall–Kier alpha value is -2.74. The average Bonchev–Trinajstić information content (AvgIpc) is 3.01. The van der Waals surface area contributed by atoms with Crippen molar-refractivity contribution in [2.45, 2.75) is 12.8 Å².